The van der Waals surface area contributed by atoms with Crippen molar-refractivity contribution >= 4 is 14.4 Å². The predicted molar refractivity (Wildman–Crippen MR) is 118 cm³/mol. The molecule has 0 saturated heterocycles. The van der Waals surface area contributed by atoms with Crippen LogP contribution in [0.4, 0.5) is 4.79 Å². The molecule has 160 valence electrons. The first-order valence-corrected chi connectivity index (χ1v) is 13.3. The fourth-order valence-electron chi connectivity index (χ4n) is 3.37. The van der Waals surface area contributed by atoms with Gasteiger partial charge in [0, 0.05) is 6.54 Å². The Morgan fingerprint density at radius 3 is 2.45 bits per heavy atom. The number of nitriles is 1. The molecule has 1 aromatic rings. The highest BCUT2D eigenvalue weighted by atomic mass is 28.4. The van der Waals surface area contributed by atoms with E-state index < -0.39 is 13.9 Å². The molecule has 0 N–H and O–H groups in total. The predicted octanol–water partition coefficient (Wildman–Crippen LogP) is 5.80. The van der Waals surface area contributed by atoms with Crippen LogP contribution in [0, 0.1) is 11.3 Å². The Balaban J connectivity index is 2.25. The third-order valence-electron chi connectivity index (χ3n) is 5.96. The first kappa shape index (κ1) is 23.4. The summed E-state index contributed by atoms with van der Waals surface area (Å²) in [6.07, 6.45) is 1.27. The van der Waals surface area contributed by atoms with Crippen molar-refractivity contribution in [1.29, 1.82) is 5.26 Å². The molecule has 0 aromatic heterocycles. The maximum atomic E-state index is 13.1. The van der Waals surface area contributed by atoms with Crippen LogP contribution >= 0.6 is 0 Å². The van der Waals surface area contributed by atoms with Gasteiger partial charge in [-0.1, -0.05) is 32.9 Å². The van der Waals surface area contributed by atoms with E-state index in [-0.39, 0.29) is 17.2 Å². The minimum absolute atomic E-state index is 0.0869. The van der Waals surface area contributed by atoms with Gasteiger partial charge < -0.3 is 9.16 Å². The van der Waals surface area contributed by atoms with Crippen molar-refractivity contribution in [2.75, 3.05) is 13.2 Å². The van der Waals surface area contributed by atoms with Crippen molar-refractivity contribution in [3.63, 3.8) is 0 Å². The van der Waals surface area contributed by atoms with E-state index in [1.165, 1.54) is 0 Å². The molecule has 6 heteroatoms. The van der Waals surface area contributed by atoms with Crippen LogP contribution < -0.4 is 0 Å². The molecule has 0 aliphatic heterocycles. The number of amides is 1. The van der Waals surface area contributed by atoms with Gasteiger partial charge in [-0.05, 0) is 68.9 Å². The normalized spacial score (nSPS) is 16.9. The van der Waals surface area contributed by atoms with Crippen LogP contribution in [0.1, 0.15) is 70.7 Å². The number of fused-ring (bicyclic) bond motifs is 1. The zero-order valence-corrected chi connectivity index (χ0v) is 20.3. The second kappa shape index (κ2) is 8.49. The SMILES string of the molecule is CC(C)(C)OC(=O)N(CCO[Si](C)(C)C(C)(C)C)[C@H]1CCc2c(C#N)cccc21. The lowest BCUT2D eigenvalue weighted by Crippen LogP contribution is -2.45. The summed E-state index contributed by atoms with van der Waals surface area (Å²) in [5.41, 5.74) is 2.25. The molecule has 0 bridgehead atoms. The maximum absolute atomic E-state index is 13.1. The van der Waals surface area contributed by atoms with Crippen LogP contribution in [-0.2, 0) is 15.6 Å². The molecule has 0 unspecified atom stereocenters. The summed E-state index contributed by atoms with van der Waals surface area (Å²) >= 11 is 0. The Labute approximate surface area is 177 Å². The van der Waals surface area contributed by atoms with Gasteiger partial charge in [0.2, 0.25) is 0 Å². The van der Waals surface area contributed by atoms with Crippen molar-refractivity contribution in [1.82, 2.24) is 4.90 Å². The number of ether oxygens (including phenoxy) is 1. The second-order valence-corrected chi connectivity index (χ2v) is 15.1. The van der Waals surface area contributed by atoms with E-state index in [0.717, 1.165) is 24.0 Å². The molecule has 0 radical (unpaired) electrons. The fraction of sp³-hybridized carbons (Fsp3) is 0.652. The van der Waals surface area contributed by atoms with Gasteiger partial charge in [-0.3, -0.25) is 4.90 Å². The number of benzene rings is 1. The molecule has 29 heavy (non-hydrogen) atoms. The quantitative estimate of drug-likeness (QED) is 0.569. The molecular weight excluding hydrogens is 380 g/mol. The van der Waals surface area contributed by atoms with Gasteiger partial charge in [0.15, 0.2) is 8.32 Å². The minimum Gasteiger partial charge on any atom is -0.444 e. The standard InChI is InChI=1S/C23H36N2O3Si/c1-22(2,3)28-21(26)25(14-15-27-29(7,8)23(4,5)6)20-13-12-18-17(16-24)10-9-11-19(18)20/h9-11,20H,12-15H2,1-8H3/t20-/m0/s1. The zero-order chi connectivity index (χ0) is 22.0. The summed E-state index contributed by atoms with van der Waals surface area (Å²) in [7, 11) is -1.90. The Morgan fingerprint density at radius 2 is 1.90 bits per heavy atom. The number of nitrogens with zero attached hydrogens (tertiary/aromatic N) is 2. The lowest BCUT2D eigenvalue weighted by molar-refractivity contribution is 0.0125. The van der Waals surface area contributed by atoms with Gasteiger partial charge in [-0.25, -0.2) is 4.79 Å². The number of carbonyl (C=O) groups excluding carboxylic acids is 1. The highest BCUT2D eigenvalue weighted by molar-refractivity contribution is 6.74. The molecule has 2 rings (SSSR count). The minimum atomic E-state index is -1.90. The van der Waals surface area contributed by atoms with Gasteiger partial charge in [0.05, 0.1) is 24.3 Å². The van der Waals surface area contributed by atoms with Gasteiger partial charge in [0.25, 0.3) is 0 Å². The van der Waals surface area contributed by atoms with Gasteiger partial charge in [0.1, 0.15) is 5.60 Å². The second-order valence-electron chi connectivity index (χ2n) is 10.3. The van der Waals surface area contributed by atoms with Gasteiger partial charge >= 0.3 is 6.09 Å². The van der Waals surface area contributed by atoms with Crippen LogP contribution in [0.2, 0.25) is 18.1 Å². The molecule has 5 nitrogen and oxygen atoms in total. The summed E-state index contributed by atoms with van der Waals surface area (Å²) in [6.45, 7) is 17.7. The summed E-state index contributed by atoms with van der Waals surface area (Å²) < 4.78 is 12.0. The van der Waals surface area contributed by atoms with E-state index in [2.05, 4.69) is 39.9 Å². The first-order chi connectivity index (χ1) is 13.3. The van der Waals surface area contributed by atoms with Crippen molar-refractivity contribution < 1.29 is 14.0 Å². The monoisotopic (exact) mass is 416 g/mol. The first-order valence-electron chi connectivity index (χ1n) is 10.4. The molecular formula is C23H36N2O3Si. The van der Waals surface area contributed by atoms with Crippen LogP contribution in [0.15, 0.2) is 18.2 Å². The average Bonchev–Trinajstić information content (AvgIpc) is 2.99. The highest BCUT2D eigenvalue weighted by Crippen LogP contribution is 2.39. The molecule has 1 aliphatic carbocycles. The maximum Gasteiger partial charge on any atom is 0.410 e. The van der Waals surface area contributed by atoms with Crippen LogP contribution in [-0.4, -0.2) is 38.1 Å². The third kappa shape index (κ3) is 5.61. The molecule has 1 aromatic carbocycles. The summed E-state index contributed by atoms with van der Waals surface area (Å²) in [4.78, 5) is 14.9. The Morgan fingerprint density at radius 1 is 1.24 bits per heavy atom. The van der Waals surface area contributed by atoms with E-state index >= 15 is 0 Å². The van der Waals surface area contributed by atoms with Gasteiger partial charge in [-0.15, -0.1) is 0 Å². The topological polar surface area (TPSA) is 62.6 Å². The number of hydrogen-bond acceptors (Lipinski definition) is 4. The Hall–Kier alpha value is -1.84. The third-order valence-corrected chi connectivity index (χ3v) is 10.5. The highest BCUT2D eigenvalue weighted by Gasteiger charge is 2.38. The molecule has 1 aliphatic rings. The molecule has 1 atom stereocenters. The lowest BCUT2D eigenvalue weighted by Gasteiger charge is -2.38. The smallest absolute Gasteiger partial charge is 0.410 e. The number of hydrogen-bond donors (Lipinski definition) is 0. The lowest BCUT2D eigenvalue weighted by atomic mass is 10.0. The van der Waals surface area contributed by atoms with Crippen molar-refractivity contribution in [3.05, 3.63) is 34.9 Å². The van der Waals surface area contributed by atoms with Crippen LogP contribution in [0.5, 0.6) is 0 Å². The van der Waals surface area contributed by atoms with E-state index in [4.69, 9.17) is 9.16 Å². The van der Waals surface area contributed by atoms with E-state index in [9.17, 15) is 10.1 Å². The van der Waals surface area contributed by atoms with Gasteiger partial charge in [-0.2, -0.15) is 5.26 Å². The summed E-state index contributed by atoms with van der Waals surface area (Å²) in [5.74, 6) is 0. The van der Waals surface area contributed by atoms with Crippen molar-refractivity contribution in [2.24, 2.45) is 0 Å². The van der Waals surface area contributed by atoms with Crippen molar-refractivity contribution in [3.8, 4) is 6.07 Å². The molecule has 0 fully saturated rings. The largest absolute Gasteiger partial charge is 0.444 e. The summed E-state index contributed by atoms with van der Waals surface area (Å²) in [6, 6.07) is 7.97. The van der Waals surface area contributed by atoms with Crippen molar-refractivity contribution in [2.45, 2.75) is 84.2 Å². The van der Waals surface area contributed by atoms with Crippen LogP contribution in [0.25, 0.3) is 0 Å². The van der Waals surface area contributed by atoms with E-state index in [1.54, 1.807) is 4.90 Å². The Bertz CT molecular complexity index is 785. The molecule has 1 amide bonds. The van der Waals surface area contributed by atoms with Crippen LogP contribution in [0.3, 0.4) is 0 Å². The molecule has 0 spiro atoms. The Kier molecular flexibility index (Phi) is 6.86. The average molecular weight is 417 g/mol. The number of carbonyl (C=O) groups is 1. The number of rotatable bonds is 5. The molecule has 0 saturated carbocycles. The summed E-state index contributed by atoms with van der Waals surface area (Å²) in [5, 5.41) is 9.54. The molecule has 0 heterocycles. The van der Waals surface area contributed by atoms with E-state index in [0.29, 0.717) is 18.7 Å². The zero-order valence-electron chi connectivity index (χ0n) is 19.3. The fourth-order valence-corrected chi connectivity index (χ4v) is 4.41. The van der Waals surface area contributed by atoms with E-state index in [1.807, 2.05) is 39.0 Å².